The van der Waals surface area contributed by atoms with Crippen molar-refractivity contribution in [1.82, 2.24) is 15.1 Å². The molecule has 0 bridgehead atoms. The molecular weight excluding hydrogens is 462 g/mol. The molecule has 2 N–H and O–H groups in total. The van der Waals surface area contributed by atoms with Crippen molar-refractivity contribution >= 4 is 34.4 Å². The van der Waals surface area contributed by atoms with E-state index < -0.39 is 5.97 Å². The van der Waals surface area contributed by atoms with Crippen molar-refractivity contribution in [3.8, 4) is 11.1 Å². The molecule has 0 aliphatic carbocycles. The van der Waals surface area contributed by atoms with E-state index in [1.165, 1.54) is 5.56 Å². The van der Waals surface area contributed by atoms with Gasteiger partial charge in [0.1, 0.15) is 0 Å². The number of carbonyl (C=O) groups excluding carboxylic acids is 1. The summed E-state index contributed by atoms with van der Waals surface area (Å²) >= 11 is 6.12. The number of aliphatic carboxylic acids is 1. The molecule has 35 heavy (non-hydrogen) atoms. The van der Waals surface area contributed by atoms with Gasteiger partial charge in [0.15, 0.2) is 0 Å². The summed E-state index contributed by atoms with van der Waals surface area (Å²) in [5.74, 6) is -1.24. The molecule has 1 heterocycles. The minimum atomic E-state index is -0.944. The van der Waals surface area contributed by atoms with Crippen LogP contribution >= 0.6 is 11.6 Å². The highest BCUT2D eigenvalue weighted by atomic mass is 35.5. The van der Waals surface area contributed by atoms with Gasteiger partial charge < -0.3 is 10.4 Å². The van der Waals surface area contributed by atoms with Crippen LogP contribution < -0.4 is 5.32 Å². The predicted molar refractivity (Wildman–Crippen MR) is 139 cm³/mol. The minimum absolute atomic E-state index is 0.0631. The fourth-order valence-corrected chi connectivity index (χ4v) is 4.59. The molecule has 180 valence electrons. The lowest BCUT2D eigenvalue weighted by Gasteiger charge is -2.19. The Morgan fingerprint density at radius 3 is 2.54 bits per heavy atom. The highest BCUT2D eigenvalue weighted by Gasteiger charge is 2.18. The van der Waals surface area contributed by atoms with Gasteiger partial charge in [0.05, 0.1) is 24.2 Å². The van der Waals surface area contributed by atoms with E-state index in [0.29, 0.717) is 5.56 Å². The van der Waals surface area contributed by atoms with E-state index in [2.05, 4.69) is 48.5 Å². The SMILES string of the molecule is CCCC(c1ccc(-c2ccc(Cl)cc2C)cc1)n1ncc2cc(C(=O)NCCC(=O)O)ccc21. The molecule has 1 amide bonds. The Bertz CT molecular complexity index is 1360. The average molecular weight is 490 g/mol. The van der Waals surface area contributed by atoms with Crippen molar-refractivity contribution in [3.05, 3.63) is 88.6 Å². The van der Waals surface area contributed by atoms with E-state index in [9.17, 15) is 9.59 Å². The molecule has 4 rings (SSSR count). The van der Waals surface area contributed by atoms with Crippen LogP contribution in [0.25, 0.3) is 22.0 Å². The number of halogens is 1. The van der Waals surface area contributed by atoms with Crippen LogP contribution in [0.4, 0.5) is 0 Å². The molecule has 1 unspecified atom stereocenters. The van der Waals surface area contributed by atoms with Gasteiger partial charge in [-0.15, -0.1) is 0 Å². The summed E-state index contributed by atoms with van der Waals surface area (Å²) in [6, 6.07) is 20.0. The highest BCUT2D eigenvalue weighted by Crippen LogP contribution is 2.31. The molecule has 0 aliphatic rings. The molecule has 0 radical (unpaired) electrons. The van der Waals surface area contributed by atoms with Crippen molar-refractivity contribution in [2.24, 2.45) is 0 Å². The molecule has 4 aromatic rings. The van der Waals surface area contributed by atoms with Crippen LogP contribution in [-0.4, -0.2) is 33.3 Å². The standard InChI is InChI=1S/C28H28ClN3O3/c1-3-4-25(20-7-5-19(6-8-20)24-11-10-23(29)15-18(24)2)32-26-12-9-21(16-22(26)17-31-32)28(35)30-14-13-27(33)34/h5-12,15-17,25H,3-4,13-14H2,1-2H3,(H,30,35)(H,33,34). The van der Waals surface area contributed by atoms with Gasteiger partial charge >= 0.3 is 5.97 Å². The third kappa shape index (κ3) is 5.54. The van der Waals surface area contributed by atoms with E-state index >= 15 is 0 Å². The molecule has 3 aromatic carbocycles. The summed E-state index contributed by atoms with van der Waals surface area (Å²) in [5.41, 5.74) is 6.04. The lowest BCUT2D eigenvalue weighted by molar-refractivity contribution is -0.136. The second-order valence-electron chi connectivity index (χ2n) is 8.65. The Kier molecular flexibility index (Phi) is 7.51. The number of nitrogens with zero attached hydrogens (tertiary/aromatic N) is 2. The lowest BCUT2D eigenvalue weighted by atomic mass is 9.96. The molecule has 0 aliphatic heterocycles. The highest BCUT2D eigenvalue weighted by molar-refractivity contribution is 6.30. The first-order chi connectivity index (χ1) is 16.9. The van der Waals surface area contributed by atoms with Crippen LogP contribution in [0.15, 0.2) is 66.9 Å². The quantitative estimate of drug-likeness (QED) is 0.290. The Morgan fingerprint density at radius 2 is 1.86 bits per heavy atom. The first-order valence-corrected chi connectivity index (χ1v) is 12.1. The monoisotopic (exact) mass is 489 g/mol. The molecule has 0 saturated heterocycles. The fraction of sp³-hybridized carbons (Fsp3) is 0.250. The van der Waals surface area contributed by atoms with E-state index in [-0.39, 0.29) is 24.9 Å². The number of aromatic nitrogens is 2. The molecule has 1 aromatic heterocycles. The fourth-order valence-electron chi connectivity index (χ4n) is 4.37. The summed E-state index contributed by atoms with van der Waals surface area (Å²) in [7, 11) is 0. The topological polar surface area (TPSA) is 84.2 Å². The van der Waals surface area contributed by atoms with Gasteiger partial charge in [0.2, 0.25) is 0 Å². The number of benzene rings is 3. The number of hydrogen-bond donors (Lipinski definition) is 2. The van der Waals surface area contributed by atoms with Gasteiger partial charge in [0.25, 0.3) is 5.91 Å². The maximum Gasteiger partial charge on any atom is 0.305 e. The van der Waals surface area contributed by atoms with Gasteiger partial charge in [-0.05, 0) is 65.9 Å². The van der Waals surface area contributed by atoms with Crippen LogP contribution in [0.2, 0.25) is 5.02 Å². The number of carbonyl (C=O) groups is 2. The minimum Gasteiger partial charge on any atom is -0.481 e. The third-order valence-corrected chi connectivity index (χ3v) is 6.37. The number of hydrogen-bond acceptors (Lipinski definition) is 3. The van der Waals surface area contributed by atoms with Crippen LogP contribution in [0, 0.1) is 6.92 Å². The van der Waals surface area contributed by atoms with Crippen molar-refractivity contribution in [3.63, 3.8) is 0 Å². The van der Waals surface area contributed by atoms with Crippen molar-refractivity contribution in [2.45, 2.75) is 39.2 Å². The molecule has 0 spiro atoms. The average Bonchev–Trinajstić information content (AvgIpc) is 3.25. The number of fused-ring (bicyclic) bond motifs is 1. The van der Waals surface area contributed by atoms with Crippen LogP contribution in [-0.2, 0) is 4.79 Å². The molecule has 0 fully saturated rings. The number of rotatable bonds is 9. The zero-order chi connectivity index (χ0) is 24.9. The summed E-state index contributed by atoms with van der Waals surface area (Å²) in [6.45, 7) is 4.31. The lowest BCUT2D eigenvalue weighted by Crippen LogP contribution is -2.25. The zero-order valence-corrected chi connectivity index (χ0v) is 20.5. The van der Waals surface area contributed by atoms with Crippen molar-refractivity contribution in [1.29, 1.82) is 0 Å². The van der Waals surface area contributed by atoms with Gasteiger partial charge in [-0.1, -0.05) is 55.3 Å². The van der Waals surface area contributed by atoms with Gasteiger partial charge in [-0.25, -0.2) is 0 Å². The molecule has 6 nitrogen and oxygen atoms in total. The number of nitrogens with one attached hydrogen (secondary N) is 1. The molecular formula is C28H28ClN3O3. The number of carboxylic acids is 1. The van der Waals surface area contributed by atoms with E-state index in [0.717, 1.165) is 45.5 Å². The van der Waals surface area contributed by atoms with Gasteiger partial charge in [-0.3, -0.25) is 14.3 Å². The normalized spacial score (nSPS) is 12.0. The summed E-state index contributed by atoms with van der Waals surface area (Å²) < 4.78 is 2.02. The second kappa shape index (κ2) is 10.7. The zero-order valence-electron chi connectivity index (χ0n) is 19.8. The Balaban J connectivity index is 1.60. The van der Waals surface area contributed by atoms with E-state index in [1.54, 1.807) is 18.3 Å². The number of amides is 1. The van der Waals surface area contributed by atoms with Crippen LogP contribution in [0.3, 0.4) is 0 Å². The molecule has 7 heteroatoms. The Morgan fingerprint density at radius 1 is 1.09 bits per heavy atom. The van der Waals surface area contributed by atoms with Crippen LogP contribution in [0.1, 0.15) is 53.7 Å². The van der Waals surface area contributed by atoms with E-state index in [4.69, 9.17) is 16.7 Å². The third-order valence-electron chi connectivity index (χ3n) is 6.13. The number of carboxylic acid groups (broad SMARTS) is 1. The predicted octanol–water partition coefficient (Wildman–Crippen LogP) is 6.26. The first kappa shape index (κ1) is 24.5. The summed E-state index contributed by atoms with van der Waals surface area (Å²) in [4.78, 5) is 23.1. The maximum absolute atomic E-state index is 12.4. The van der Waals surface area contributed by atoms with Gasteiger partial charge in [-0.2, -0.15) is 5.10 Å². The molecule has 1 atom stereocenters. The summed E-state index contributed by atoms with van der Waals surface area (Å²) in [5, 5.41) is 17.7. The largest absolute Gasteiger partial charge is 0.481 e. The van der Waals surface area contributed by atoms with Crippen molar-refractivity contribution < 1.29 is 14.7 Å². The Hall–Kier alpha value is -3.64. The second-order valence-corrected chi connectivity index (χ2v) is 9.08. The van der Waals surface area contributed by atoms with E-state index in [1.807, 2.05) is 28.9 Å². The maximum atomic E-state index is 12.4. The summed E-state index contributed by atoms with van der Waals surface area (Å²) in [6.07, 6.45) is 3.58. The smallest absolute Gasteiger partial charge is 0.305 e. The van der Waals surface area contributed by atoms with Gasteiger partial charge in [0, 0.05) is 22.5 Å². The first-order valence-electron chi connectivity index (χ1n) is 11.7. The number of aryl methyl sites for hydroxylation is 1. The Labute approximate surface area is 209 Å². The molecule has 0 saturated carbocycles. The van der Waals surface area contributed by atoms with Crippen molar-refractivity contribution in [2.75, 3.05) is 6.54 Å². The van der Waals surface area contributed by atoms with Crippen LogP contribution in [0.5, 0.6) is 0 Å².